The Morgan fingerprint density at radius 3 is 2.40 bits per heavy atom. The molecule has 1 saturated heterocycles. The molecule has 2 aromatic carbocycles. The second kappa shape index (κ2) is 8.04. The number of aromatic nitrogens is 2. The molecular weight excluding hydrogens is 396 g/mol. The van der Waals surface area contributed by atoms with Crippen LogP contribution in [0.5, 0.6) is 0 Å². The van der Waals surface area contributed by atoms with Crippen LogP contribution >= 0.6 is 0 Å². The summed E-state index contributed by atoms with van der Waals surface area (Å²) in [6.45, 7) is 5.60. The first-order valence-corrected chi connectivity index (χ1v) is 11.7. The summed E-state index contributed by atoms with van der Waals surface area (Å²) in [6.07, 6.45) is 2.12. The van der Waals surface area contributed by atoms with Gasteiger partial charge in [0, 0.05) is 13.1 Å². The number of piperidine rings is 1. The molecule has 154 valence electrons. The van der Waals surface area contributed by atoms with Gasteiger partial charge in [-0.05, 0) is 49.9 Å². The van der Waals surface area contributed by atoms with Gasteiger partial charge in [-0.1, -0.05) is 36.8 Å². The van der Waals surface area contributed by atoms with Gasteiger partial charge in [-0.2, -0.15) is 5.26 Å². The molecule has 0 radical (unpaired) electrons. The molecule has 3 aromatic rings. The molecule has 2 heterocycles. The van der Waals surface area contributed by atoms with Gasteiger partial charge in [-0.3, -0.25) is 0 Å². The van der Waals surface area contributed by atoms with E-state index < -0.39 is 15.1 Å². The van der Waals surface area contributed by atoms with E-state index >= 15 is 0 Å². The highest BCUT2D eigenvalue weighted by atomic mass is 32.2. The van der Waals surface area contributed by atoms with Gasteiger partial charge in [-0.15, -0.1) is 0 Å². The molecule has 1 fully saturated rings. The standard InChI is InChI=1S/C23H24N4O2S/c1-16-9-11-18(12-10-16)30(28,29)21(14-24)22-23(27-13-5-6-17(2)15-27)26-20-8-4-3-7-19(20)25-22/h3-4,7-12,17,21H,5-6,13,15H2,1-2H3. The largest absolute Gasteiger partial charge is 0.355 e. The van der Waals surface area contributed by atoms with Crippen molar-refractivity contribution >= 4 is 26.7 Å². The minimum absolute atomic E-state index is 0.118. The third kappa shape index (κ3) is 3.75. The summed E-state index contributed by atoms with van der Waals surface area (Å²) in [5.74, 6) is 0.969. The number of para-hydroxylation sites is 2. The number of hydrogen-bond acceptors (Lipinski definition) is 6. The molecule has 30 heavy (non-hydrogen) atoms. The first kappa shape index (κ1) is 20.3. The molecule has 0 N–H and O–H groups in total. The van der Waals surface area contributed by atoms with Crippen LogP contribution in [0.2, 0.25) is 0 Å². The fourth-order valence-corrected chi connectivity index (χ4v) is 5.31. The maximum absolute atomic E-state index is 13.4. The lowest BCUT2D eigenvalue weighted by Gasteiger charge is -2.33. The summed E-state index contributed by atoms with van der Waals surface area (Å²) in [7, 11) is -3.95. The molecule has 0 spiro atoms. The highest BCUT2D eigenvalue weighted by molar-refractivity contribution is 7.92. The van der Waals surface area contributed by atoms with Gasteiger partial charge < -0.3 is 4.90 Å². The minimum atomic E-state index is -3.95. The van der Waals surface area contributed by atoms with E-state index in [4.69, 9.17) is 4.98 Å². The molecule has 7 heteroatoms. The van der Waals surface area contributed by atoms with Crippen molar-refractivity contribution < 1.29 is 8.42 Å². The normalized spacial score (nSPS) is 18.2. The Kier molecular flexibility index (Phi) is 5.44. The Bertz CT molecular complexity index is 1220. The summed E-state index contributed by atoms with van der Waals surface area (Å²) in [6, 6.07) is 15.9. The lowest BCUT2D eigenvalue weighted by Crippen LogP contribution is -2.36. The molecule has 2 atom stereocenters. The molecule has 6 nitrogen and oxygen atoms in total. The highest BCUT2D eigenvalue weighted by Crippen LogP contribution is 2.35. The number of benzene rings is 2. The maximum Gasteiger partial charge on any atom is 0.200 e. The van der Waals surface area contributed by atoms with Crippen LogP contribution < -0.4 is 4.90 Å². The van der Waals surface area contributed by atoms with Crippen molar-refractivity contribution in [2.75, 3.05) is 18.0 Å². The number of sulfone groups is 1. The van der Waals surface area contributed by atoms with Crippen LogP contribution in [0.15, 0.2) is 53.4 Å². The lowest BCUT2D eigenvalue weighted by molar-refractivity contribution is 0.443. The number of fused-ring (bicyclic) bond motifs is 1. The van der Waals surface area contributed by atoms with Gasteiger partial charge in [0.25, 0.3) is 0 Å². The second-order valence-corrected chi connectivity index (χ2v) is 10.0. The van der Waals surface area contributed by atoms with Crippen LogP contribution in [0.3, 0.4) is 0 Å². The van der Waals surface area contributed by atoms with E-state index in [0.717, 1.165) is 31.5 Å². The van der Waals surface area contributed by atoms with Crippen LogP contribution in [-0.4, -0.2) is 31.5 Å². The third-order valence-corrected chi connectivity index (χ3v) is 7.44. The monoisotopic (exact) mass is 420 g/mol. The fourth-order valence-electron chi connectivity index (χ4n) is 3.94. The summed E-state index contributed by atoms with van der Waals surface area (Å²) in [5.41, 5.74) is 2.45. The summed E-state index contributed by atoms with van der Waals surface area (Å²) < 4.78 is 26.8. The van der Waals surface area contributed by atoms with E-state index in [-0.39, 0.29) is 10.6 Å². The maximum atomic E-state index is 13.4. The van der Waals surface area contributed by atoms with Gasteiger partial charge in [0.15, 0.2) is 11.1 Å². The summed E-state index contributed by atoms with van der Waals surface area (Å²) in [5, 5.41) is 8.54. The Morgan fingerprint density at radius 2 is 1.77 bits per heavy atom. The molecule has 2 unspecified atom stereocenters. The smallest absolute Gasteiger partial charge is 0.200 e. The first-order valence-electron chi connectivity index (χ1n) is 10.1. The highest BCUT2D eigenvalue weighted by Gasteiger charge is 2.35. The van der Waals surface area contributed by atoms with Gasteiger partial charge >= 0.3 is 0 Å². The van der Waals surface area contributed by atoms with Crippen molar-refractivity contribution in [3.63, 3.8) is 0 Å². The average Bonchev–Trinajstić information content (AvgIpc) is 2.74. The number of aryl methyl sites for hydroxylation is 1. The van der Waals surface area contributed by atoms with Crippen molar-refractivity contribution in [1.82, 2.24) is 9.97 Å². The van der Waals surface area contributed by atoms with Crippen molar-refractivity contribution in [2.45, 2.75) is 36.8 Å². The fraction of sp³-hybridized carbons (Fsp3) is 0.348. The molecule has 0 amide bonds. The topological polar surface area (TPSA) is 86.9 Å². The number of nitrogens with zero attached hydrogens (tertiary/aromatic N) is 4. The van der Waals surface area contributed by atoms with Gasteiger partial charge in [0.05, 0.1) is 22.0 Å². The van der Waals surface area contributed by atoms with Crippen molar-refractivity contribution in [2.24, 2.45) is 5.92 Å². The van der Waals surface area contributed by atoms with Crippen LogP contribution in [-0.2, 0) is 9.84 Å². The van der Waals surface area contributed by atoms with Crippen LogP contribution in [0.4, 0.5) is 5.82 Å². The number of nitriles is 1. The zero-order chi connectivity index (χ0) is 21.3. The van der Waals surface area contributed by atoms with Crippen LogP contribution in [0.1, 0.15) is 36.3 Å². The van der Waals surface area contributed by atoms with Crippen LogP contribution in [0, 0.1) is 24.2 Å². The quantitative estimate of drug-likeness (QED) is 0.628. The van der Waals surface area contributed by atoms with Crippen LogP contribution in [0.25, 0.3) is 11.0 Å². The second-order valence-electron chi connectivity index (χ2n) is 7.98. The average molecular weight is 421 g/mol. The number of anilines is 1. The number of rotatable bonds is 4. The molecule has 0 bridgehead atoms. The first-order chi connectivity index (χ1) is 14.4. The van der Waals surface area contributed by atoms with E-state index in [1.54, 1.807) is 30.3 Å². The Hall–Kier alpha value is -2.98. The van der Waals surface area contributed by atoms with Crippen molar-refractivity contribution in [1.29, 1.82) is 5.26 Å². The Morgan fingerprint density at radius 1 is 1.10 bits per heavy atom. The van der Waals surface area contributed by atoms with Gasteiger partial charge in [-0.25, -0.2) is 18.4 Å². The number of hydrogen-bond donors (Lipinski definition) is 0. The van der Waals surface area contributed by atoms with E-state index in [1.807, 2.05) is 31.2 Å². The predicted molar refractivity (Wildman–Crippen MR) is 117 cm³/mol. The van der Waals surface area contributed by atoms with E-state index in [0.29, 0.717) is 22.8 Å². The predicted octanol–water partition coefficient (Wildman–Crippen LogP) is 4.21. The SMILES string of the molecule is Cc1ccc(S(=O)(=O)C(C#N)c2nc3ccccc3nc2N2CCCC(C)C2)cc1. The molecule has 4 rings (SSSR count). The van der Waals surface area contributed by atoms with Gasteiger partial charge in [0.1, 0.15) is 5.69 Å². The molecule has 0 saturated carbocycles. The minimum Gasteiger partial charge on any atom is -0.355 e. The third-order valence-electron chi connectivity index (χ3n) is 5.56. The molecule has 1 aromatic heterocycles. The zero-order valence-electron chi connectivity index (χ0n) is 17.1. The Labute approximate surface area is 177 Å². The van der Waals surface area contributed by atoms with Crippen molar-refractivity contribution in [3.8, 4) is 6.07 Å². The summed E-state index contributed by atoms with van der Waals surface area (Å²) in [4.78, 5) is 11.6. The van der Waals surface area contributed by atoms with Gasteiger partial charge in [0.2, 0.25) is 9.84 Å². The zero-order valence-corrected chi connectivity index (χ0v) is 17.9. The molecule has 0 aliphatic carbocycles. The summed E-state index contributed by atoms with van der Waals surface area (Å²) >= 11 is 0. The van der Waals surface area contributed by atoms with E-state index in [1.165, 1.54) is 0 Å². The molecule has 1 aliphatic rings. The molecule has 1 aliphatic heterocycles. The molecular formula is C23H24N4O2S. The van der Waals surface area contributed by atoms with E-state index in [2.05, 4.69) is 16.8 Å². The lowest BCUT2D eigenvalue weighted by atomic mass is 10.00. The van der Waals surface area contributed by atoms with E-state index in [9.17, 15) is 13.7 Å². The van der Waals surface area contributed by atoms with Crippen molar-refractivity contribution in [3.05, 3.63) is 59.8 Å². The Balaban J connectivity index is 1.89.